The van der Waals surface area contributed by atoms with Crippen LogP contribution in [0.25, 0.3) is 0 Å². The molecular formula is C10H20N2O3S. The smallest absolute Gasteiger partial charge is 0.321 e. The van der Waals surface area contributed by atoms with E-state index in [0.29, 0.717) is 13.0 Å². The quantitative estimate of drug-likeness (QED) is 0.620. The molecule has 0 aliphatic carbocycles. The molecule has 0 aromatic rings. The average molecular weight is 248 g/mol. The highest BCUT2D eigenvalue weighted by Crippen LogP contribution is 2.12. The normalized spacial score (nSPS) is 11.9. The van der Waals surface area contributed by atoms with E-state index in [0.717, 1.165) is 6.42 Å². The molecule has 16 heavy (non-hydrogen) atoms. The number of amides is 3. The third-order valence-electron chi connectivity index (χ3n) is 1.82. The monoisotopic (exact) mass is 248 g/mol. The minimum atomic E-state index is -0.442. The predicted octanol–water partition coefficient (Wildman–Crippen LogP) is 0.726. The van der Waals surface area contributed by atoms with Gasteiger partial charge >= 0.3 is 6.03 Å². The van der Waals surface area contributed by atoms with Crippen LogP contribution < -0.4 is 10.6 Å². The van der Waals surface area contributed by atoms with E-state index in [9.17, 15) is 9.59 Å². The maximum atomic E-state index is 11.3. The first-order valence-corrected chi connectivity index (χ1v) is 6.45. The van der Waals surface area contributed by atoms with Crippen LogP contribution in [0.3, 0.4) is 0 Å². The standard InChI is InChI=1S/C10H20N2O3S/c1-3-5-11-10(15)12-9(14)7-16-8(2)4-6-13/h8,13H,3-7H2,1-2H3,(H2,11,12,14,15). The molecule has 1 atom stereocenters. The van der Waals surface area contributed by atoms with Gasteiger partial charge in [-0.25, -0.2) is 4.79 Å². The summed E-state index contributed by atoms with van der Waals surface area (Å²) in [5, 5.41) is 13.7. The highest BCUT2D eigenvalue weighted by molar-refractivity contribution is 8.00. The van der Waals surface area contributed by atoms with Crippen molar-refractivity contribution in [3.8, 4) is 0 Å². The molecule has 0 rings (SSSR count). The number of nitrogens with one attached hydrogen (secondary N) is 2. The third-order valence-corrected chi connectivity index (χ3v) is 3.06. The molecule has 3 N–H and O–H groups in total. The van der Waals surface area contributed by atoms with Crippen LogP contribution in [0.1, 0.15) is 26.7 Å². The molecular weight excluding hydrogens is 228 g/mol. The van der Waals surface area contributed by atoms with Gasteiger partial charge in [0.05, 0.1) is 5.75 Å². The van der Waals surface area contributed by atoms with Gasteiger partial charge in [0, 0.05) is 18.4 Å². The first-order valence-electron chi connectivity index (χ1n) is 5.40. The van der Waals surface area contributed by atoms with Gasteiger partial charge in [-0.2, -0.15) is 0 Å². The summed E-state index contributed by atoms with van der Waals surface area (Å²) in [4.78, 5) is 22.4. The molecule has 6 heteroatoms. The van der Waals surface area contributed by atoms with Crippen LogP contribution in [0.2, 0.25) is 0 Å². The lowest BCUT2D eigenvalue weighted by Gasteiger charge is -2.09. The number of thioether (sulfide) groups is 1. The van der Waals surface area contributed by atoms with E-state index in [1.807, 2.05) is 13.8 Å². The Kier molecular flexibility index (Phi) is 9.03. The molecule has 0 aromatic carbocycles. The molecule has 0 aromatic heterocycles. The largest absolute Gasteiger partial charge is 0.396 e. The lowest BCUT2D eigenvalue weighted by atomic mass is 10.3. The van der Waals surface area contributed by atoms with Crippen molar-refractivity contribution in [1.29, 1.82) is 0 Å². The molecule has 1 unspecified atom stereocenters. The van der Waals surface area contributed by atoms with Crippen LogP contribution >= 0.6 is 11.8 Å². The number of imide groups is 1. The zero-order valence-corrected chi connectivity index (χ0v) is 10.6. The Balaban J connectivity index is 3.61. The number of urea groups is 1. The van der Waals surface area contributed by atoms with Gasteiger partial charge in [-0.1, -0.05) is 13.8 Å². The van der Waals surface area contributed by atoms with Crippen molar-refractivity contribution in [3.05, 3.63) is 0 Å². The van der Waals surface area contributed by atoms with E-state index in [1.54, 1.807) is 0 Å². The number of carbonyl (C=O) groups excluding carboxylic acids is 2. The van der Waals surface area contributed by atoms with E-state index < -0.39 is 6.03 Å². The number of aliphatic hydroxyl groups is 1. The predicted molar refractivity (Wildman–Crippen MR) is 65.5 cm³/mol. The summed E-state index contributed by atoms with van der Waals surface area (Å²) in [7, 11) is 0. The van der Waals surface area contributed by atoms with Gasteiger partial charge in [-0.3, -0.25) is 10.1 Å². The Bertz CT molecular complexity index is 224. The molecule has 0 saturated heterocycles. The second-order valence-corrected chi connectivity index (χ2v) is 4.86. The number of rotatable bonds is 7. The third kappa shape index (κ3) is 8.55. The van der Waals surface area contributed by atoms with Gasteiger partial charge < -0.3 is 10.4 Å². The second kappa shape index (κ2) is 9.47. The molecule has 0 radical (unpaired) electrons. The van der Waals surface area contributed by atoms with E-state index in [2.05, 4.69) is 10.6 Å². The number of hydrogen-bond donors (Lipinski definition) is 3. The maximum absolute atomic E-state index is 11.3. The Morgan fingerprint density at radius 2 is 2.12 bits per heavy atom. The Morgan fingerprint density at radius 3 is 2.69 bits per heavy atom. The number of aliphatic hydroxyl groups excluding tert-OH is 1. The lowest BCUT2D eigenvalue weighted by Crippen LogP contribution is -2.40. The Hall–Kier alpha value is -0.750. The Morgan fingerprint density at radius 1 is 1.44 bits per heavy atom. The van der Waals surface area contributed by atoms with Crippen molar-refractivity contribution in [2.24, 2.45) is 0 Å². The van der Waals surface area contributed by atoms with Gasteiger partial charge in [-0.05, 0) is 12.8 Å². The van der Waals surface area contributed by atoms with Crippen molar-refractivity contribution >= 4 is 23.7 Å². The van der Waals surface area contributed by atoms with Crippen molar-refractivity contribution in [1.82, 2.24) is 10.6 Å². The van der Waals surface area contributed by atoms with Crippen LogP contribution in [0.5, 0.6) is 0 Å². The molecule has 0 aliphatic heterocycles. The molecule has 0 aliphatic rings. The lowest BCUT2D eigenvalue weighted by molar-refractivity contribution is -0.117. The van der Waals surface area contributed by atoms with E-state index in [4.69, 9.17) is 5.11 Å². The molecule has 0 spiro atoms. The van der Waals surface area contributed by atoms with Gasteiger partial charge in [0.15, 0.2) is 0 Å². The minimum absolute atomic E-state index is 0.118. The van der Waals surface area contributed by atoms with Gasteiger partial charge in [0.2, 0.25) is 5.91 Å². The fourth-order valence-electron chi connectivity index (χ4n) is 0.929. The molecule has 0 bridgehead atoms. The van der Waals surface area contributed by atoms with Crippen LogP contribution in [0, 0.1) is 0 Å². The molecule has 94 valence electrons. The van der Waals surface area contributed by atoms with Crippen molar-refractivity contribution in [3.63, 3.8) is 0 Å². The molecule has 3 amide bonds. The molecule has 0 fully saturated rings. The summed E-state index contributed by atoms with van der Waals surface area (Å²) in [6.45, 7) is 4.56. The zero-order chi connectivity index (χ0) is 12.4. The van der Waals surface area contributed by atoms with Crippen molar-refractivity contribution in [2.45, 2.75) is 31.9 Å². The van der Waals surface area contributed by atoms with Crippen LogP contribution in [0.4, 0.5) is 4.79 Å². The summed E-state index contributed by atoms with van der Waals surface area (Å²) in [5.41, 5.74) is 0. The van der Waals surface area contributed by atoms with E-state index in [1.165, 1.54) is 11.8 Å². The summed E-state index contributed by atoms with van der Waals surface area (Å²) >= 11 is 1.42. The van der Waals surface area contributed by atoms with E-state index >= 15 is 0 Å². The van der Waals surface area contributed by atoms with Gasteiger partial charge in [-0.15, -0.1) is 11.8 Å². The SMILES string of the molecule is CCCNC(=O)NC(=O)CSC(C)CCO. The van der Waals surface area contributed by atoms with Crippen molar-refractivity contribution in [2.75, 3.05) is 18.9 Å². The van der Waals surface area contributed by atoms with Gasteiger partial charge in [0.25, 0.3) is 0 Å². The van der Waals surface area contributed by atoms with Crippen LogP contribution in [-0.4, -0.2) is 41.2 Å². The average Bonchev–Trinajstić information content (AvgIpc) is 2.24. The number of carbonyl (C=O) groups is 2. The second-order valence-electron chi connectivity index (χ2n) is 3.44. The summed E-state index contributed by atoms with van der Waals surface area (Å²) in [6.07, 6.45) is 1.49. The summed E-state index contributed by atoms with van der Waals surface area (Å²) in [6, 6.07) is -0.442. The number of hydrogen-bond acceptors (Lipinski definition) is 4. The fourth-order valence-corrected chi connectivity index (χ4v) is 1.71. The zero-order valence-electron chi connectivity index (χ0n) is 9.78. The first kappa shape index (κ1) is 15.2. The summed E-state index contributed by atoms with van der Waals surface area (Å²) < 4.78 is 0. The highest BCUT2D eigenvalue weighted by Gasteiger charge is 2.09. The van der Waals surface area contributed by atoms with Crippen LogP contribution in [0.15, 0.2) is 0 Å². The first-order chi connectivity index (χ1) is 7.60. The Labute approximate surface area is 100 Å². The van der Waals surface area contributed by atoms with Crippen LogP contribution in [-0.2, 0) is 4.79 Å². The van der Waals surface area contributed by atoms with Gasteiger partial charge in [0.1, 0.15) is 0 Å². The highest BCUT2D eigenvalue weighted by atomic mass is 32.2. The molecule has 5 nitrogen and oxygen atoms in total. The fraction of sp³-hybridized carbons (Fsp3) is 0.800. The minimum Gasteiger partial charge on any atom is -0.396 e. The topological polar surface area (TPSA) is 78.4 Å². The van der Waals surface area contributed by atoms with Crippen molar-refractivity contribution < 1.29 is 14.7 Å². The molecule has 0 heterocycles. The maximum Gasteiger partial charge on any atom is 0.321 e. The summed E-state index contributed by atoms with van der Waals surface area (Å²) in [5.74, 6) is -0.0656. The van der Waals surface area contributed by atoms with E-state index in [-0.39, 0.29) is 23.5 Å². The molecule has 0 saturated carbocycles.